The quantitative estimate of drug-likeness (QED) is 0.718. The van der Waals surface area contributed by atoms with Crippen LogP contribution in [0.25, 0.3) is 22.2 Å². The van der Waals surface area contributed by atoms with Crippen LogP contribution in [-0.4, -0.2) is 46.0 Å². The van der Waals surface area contributed by atoms with Crippen LogP contribution in [0.4, 0.5) is 5.82 Å². The number of carbonyl (C=O) groups excluding carboxylic acids is 1. The summed E-state index contributed by atoms with van der Waals surface area (Å²) in [5.41, 5.74) is 2.97. The van der Waals surface area contributed by atoms with Crippen molar-refractivity contribution < 1.29 is 9.53 Å². The second kappa shape index (κ2) is 6.37. The van der Waals surface area contributed by atoms with E-state index in [-0.39, 0.29) is 11.4 Å². The van der Waals surface area contributed by atoms with Crippen LogP contribution in [0.3, 0.4) is 0 Å². The highest BCUT2D eigenvalue weighted by atomic mass is 16.5. The number of pyridine rings is 1. The lowest BCUT2D eigenvalue weighted by molar-refractivity contribution is -0.119. The number of rotatable bonds is 3. The van der Waals surface area contributed by atoms with Gasteiger partial charge in [-0.3, -0.25) is 9.48 Å². The van der Waals surface area contributed by atoms with Crippen molar-refractivity contribution in [3.63, 3.8) is 0 Å². The fourth-order valence-electron chi connectivity index (χ4n) is 4.42. The predicted molar refractivity (Wildman–Crippen MR) is 112 cm³/mol. The van der Waals surface area contributed by atoms with Crippen LogP contribution in [0, 0.1) is 0 Å². The third-order valence-corrected chi connectivity index (χ3v) is 6.01. The van der Waals surface area contributed by atoms with Crippen molar-refractivity contribution >= 4 is 22.6 Å². The molecule has 0 aliphatic carbocycles. The van der Waals surface area contributed by atoms with Crippen LogP contribution in [-0.2, 0) is 21.5 Å². The minimum atomic E-state index is -0.658. The van der Waals surface area contributed by atoms with Crippen molar-refractivity contribution in [1.29, 1.82) is 0 Å². The van der Waals surface area contributed by atoms with Gasteiger partial charge in [-0.2, -0.15) is 5.10 Å². The van der Waals surface area contributed by atoms with Gasteiger partial charge in [0.1, 0.15) is 11.5 Å². The van der Waals surface area contributed by atoms with E-state index >= 15 is 0 Å². The van der Waals surface area contributed by atoms with Crippen molar-refractivity contribution in [2.45, 2.75) is 38.3 Å². The third kappa shape index (κ3) is 2.84. The number of nitrogens with zero attached hydrogens (tertiary/aromatic N) is 3. The van der Waals surface area contributed by atoms with Crippen LogP contribution in [0.2, 0.25) is 0 Å². The van der Waals surface area contributed by atoms with Gasteiger partial charge in [0.2, 0.25) is 5.91 Å². The Balaban J connectivity index is 1.67. The molecule has 1 aromatic carbocycles. The minimum absolute atomic E-state index is 0.0350. The summed E-state index contributed by atoms with van der Waals surface area (Å²) in [5, 5.41) is 12.6. The topological polar surface area (TPSA) is 81.1 Å². The van der Waals surface area contributed by atoms with Crippen molar-refractivity contribution in [2.75, 3.05) is 25.1 Å². The van der Waals surface area contributed by atoms with Gasteiger partial charge < -0.3 is 15.4 Å². The summed E-state index contributed by atoms with van der Waals surface area (Å²) in [6.45, 7) is 8.94. The summed E-state index contributed by atoms with van der Waals surface area (Å²) in [4.78, 5) is 16.9. The maximum absolute atomic E-state index is 12.5. The first-order valence-corrected chi connectivity index (χ1v) is 9.99. The Hall–Kier alpha value is -2.77. The average molecular weight is 391 g/mol. The SMILES string of the molecule is CC1(C)C(=O)Nc2nccc(-c3nn(C[C@]4(C)COCCN4)c4ccccc34)c21. The molecule has 2 aromatic heterocycles. The van der Waals surface area contributed by atoms with Crippen LogP contribution < -0.4 is 10.6 Å². The molecule has 1 amide bonds. The lowest BCUT2D eigenvalue weighted by Gasteiger charge is -2.34. The Kier molecular flexibility index (Phi) is 4.01. The molecule has 1 atom stereocenters. The average Bonchev–Trinajstić information content (AvgIpc) is 3.17. The van der Waals surface area contributed by atoms with Crippen molar-refractivity contribution in [2.24, 2.45) is 0 Å². The molecule has 1 fully saturated rings. The summed E-state index contributed by atoms with van der Waals surface area (Å²) in [5.74, 6) is 0.595. The molecular formula is C22H25N5O2. The normalized spacial score (nSPS) is 23.2. The Bertz CT molecular complexity index is 1110. The lowest BCUT2D eigenvalue weighted by atomic mass is 9.83. The van der Waals surface area contributed by atoms with Gasteiger partial charge in [0.15, 0.2) is 0 Å². The van der Waals surface area contributed by atoms with E-state index in [1.807, 2.05) is 32.0 Å². The number of morpholine rings is 1. The summed E-state index contributed by atoms with van der Waals surface area (Å²) in [6.07, 6.45) is 1.74. The summed E-state index contributed by atoms with van der Waals surface area (Å²) < 4.78 is 7.75. The molecule has 2 aliphatic rings. The van der Waals surface area contributed by atoms with E-state index in [9.17, 15) is 4.79 Å². The molecule has 0 radical (unpaired) electrons. The molecule has 5 rings (SSSR count). The zero-order valence-corrected chi connectivity index (χ0v) is 17.0. The summed E-state index contributed by atoms with van der Waals surface area (Å²) in [7, 11) is 0. The number of benzene rings is 1. The molecule has 4 heterocycles. The minimum Gasteiger partial charge on any atom is -0.378 e. The Morgan fingerprint density at radius 2 is 2.03 bits per heavy atom. The van der Waals surface area contributed by atoms with Gasteiger partial charge in [-0.25, -0.2) is 4.98 Å². The molecule has 2 aliphatic heterocycles. The zero-order chi connectivity index (χ0) is 20.2. The molecule has 3 aromatic rings. The largest absolute Gasteiger partial charge is 0.378 e. The highest BCUT2D eigenvalue weighted by Crippen LogP contribution is 2.43. The third-order valence-electron chi connectivity index (χ3n) is 6.01. The number of hydrogen-bond acceptors (Lipinski definition) is 5. The monoisotopic (exact) mass is 391 g/mol. The van der Waals surface area contributed by atoms with E-state index in [1.54, 1.807) is 6.20 Å². The lowest BCUT2D eigenvalue weighted by Crippen LogP contribution is -2.54. The smallest absolute Gasteiger partial charge is 0.235 e. The fourth-order valence-corrected chi connectivity index (χ4v) is 4.42. The molecule has 0 saturated carbocycles. The molecule has 29 heavy (non-hydrogen) atoms. The van der Waals surface area contributed by atoms with Crippen LogP contribution in [0.1, 0.15) is 26.3 Å². The molecule has 7 nitrogen and oxygen atoms in total. The van der Waals surface area contributed by atoms with E-state index in [2.05, 4.69) is 39.4 Å². The second-order valence-electron chi connectivity index (χ2n) is 8.72. The van der Waals surface area contributed by atoms with Gasteiger partial charge in [-0.05, 0) is 32.9 Å². The Morgan fingerprint density at radius 3 is 2.83 bits per heavy atom. The van der Waals surface area contributed by atoms with Gasteiger partial charge in [-0.1, -0.05) is 18.2 Å². The zero-order valence-electron chi connectivity index (χ0n) is 17.0. The number of ether oxygens (including phenoxy) is 1. The first-order chi connectivity index (χ1) is 13.9. The number of anilines is 1. The molecule has 2 N–H and O–H groups in total. The number of fused-ring (bicyclic) bond motifs is 2. The molecule has 0 bridgehead atoms. The van der Waals surface area contributed by atoms with E-state index in [0.29, 0.717) is 19.0 Å². The van der Waals surface area contributed by atoms with E-state index < -0.39 is 5.41 Å². The highest BCUT2D eigenvalue weighted by Gasteiger charge is 2.42. The number of para-hydroxylation sites is 1. The molecule has 7 heteroatoms. The van der Waals surface area contributed by atoms with Gasteiger partial charge >= 0.3 is 0 Å². The van der Waals surface area contributed by atoms with E-state index in [4.69, 9.17) is 9.84 Å². The van der Waals surface area contributed by atoms with Crippen LogP contribution in [0.15, 0.2) is 36.5 Å². The molecule has 0 spiro atoms. The molecular weight excluding hydrogens is 366 g/mol. The first kappa shape index (κ1) is 18.3. The number of carbonyl (C=O) groups is 1. The Morgan fingerprint density at radius 1 is 1.21 bits per heavy atom. The first-order valence-electron chi connectivity index (χ1n) is 9.99. The van der Waals surface area contributed by atoms with E-state index in [1.165, 1.54) is 0 Å². The standard InChI is InChI=1S/C22H25N5O2/c1-21(2)17-15(8-9-23-19(17)25-20(21)28)18-14-6-4-5-7-16(14)27(26-18)12-22(3)13-29-11-10-24-22/h4-9,24H,10-13H2,1-3H3,(H,23,25,28)/t22-/m1/s1. The fraction of sp³-hybridized carbons (Fsp3) is 0.409. The van der Waals surface area contributed by atoms with Gasteiger partial charge in [-0.15, -0.1) is 0 Å². The van der Waals surface area contributed by atoms with Crippen LogP contribution in [0.5, 0.6) is 0 Å². The summed E-state index contributed by atoms with van der Waals surface area (Å²) in [6, 6.07) is 10.2. The maximum atomic E-state index is 12.5. The number of aromatic nitrogens is 3. The molecule has 0 unspecified atom stereocenters. The van der Waals surface area contributed by atoms with Gasteiger partial charge in [0, 0.05) is 29.3 Å². The number of amides is 1. The van der Waals surface area contributed by atoms with Gasteiger partial charge in [0.25, 0.3) is 0 Å². The predicted octanol–water partition coefficient (Wildman–Crippen LogP) is 2.71. The summed E-state index contributed by atoms with van der Waals surface area (Å²) >= 11 is 0. The van der Waals surface area contributed by atoms with Crippen molar-refractivity contribution in [3.05, 3.63) is 42.1 Å². The highest BCUT2D eigenvalue weighted by molar-refractivity contribution is 6.08. The second-order valence-corrected chi connectivity index (χ2v) is 8.72. The number of hydrogen-bond donors (Lipinski definition) is 2. The van der Waals surface area contributed by atoms with Crippen molar-refractivity contribution in [1.82, 2.24) is 20.1 Å². The van der Waals surface area contributed by atoms with Crippen molar-refractivity contribution in [3.8, 4) is 11.3 Å². The molecule has 150 valence electrons. The van der Waals surface area contributed by atoms with E-state index in [0.717, 1.165) is 40.9 Å². The molecule has 1 saturated heterocycles. The Labute approximate surface area is 169 Å². The van der Waals surface area contributed by atoms with Gasteiger partial charge in [0.05, 0.1) is 36.2 Å². The maximum Gasteiger partial charge on any atom is 0.235 e. The number of nitrogens with one attached hydrogen (secondary N) is 2. The van der Waals surface area contributed by atoms with Crippen LogP contribution >= 0.6 is 0 Å².